The van der Waals surface area contributed by atoms with Gasteiger partial charge in [0.05, 0.1) is 0 Å². The van der Waals surface area contributed by atoms with Gasteiger partial charge >= 0.3 is 0 Å². The third-order valence-corrected chi connectivity index (χ3v) is 3.47. The minimum atomic E-state index is 0.624. The van der Waals surface area contributed by atoms with Crippen LogP contribution in [0.25, 0.3) is 10.8 Å². The molecule has 4 nitrogen and oxygen atoms in total. The Hall–Kier alpha value is -2.62. The summed E-state index contributed by atoms with van der Waals surface area (Å²) in [7, 11) is 0. The van der Waals surface area contributed by atoms with Crippen molar-refractivity contribution in [3.05, 3.63) is 59.9 Å². The Morgan fingerprint density at radius 3 is 2.65 bits per heavy atom. The zero-order chi connectivity index (χ0) is 13.9. The first-order valence-corrected chi connectivity index (χ1v) is 6.53. The molecule has 20 heavy (non-hydrogen) atoms. The third kappa shape index (κ3) is 2.28. The van der Waals surface area contributed by atoms with E-state index in [1.807, 2.05) is 25.1 Å². The maximum atomic E-state index is 6.10. The van der Waals surface area contributed by atoms with E-state index in [4.69, 9.17) is 5.73 Å². The second kappa shape index (κ2) is 5.17. The van der Waals surface area contributed by atoms with Gasteiger partial charge in [-0.3, -0.25) is 0 Å². The largest absolute Gasteiger partial charge is 0.398 e. The number of nitrogens with two attached hydrogens (primary N) is 1. The first-order chi connectivity index (χ1) is 9.75. The summed E-state index contributed by atoms with van der Waals surface area (Å²) in [5.41, 5.74) is 9.20. The Bertz CT molecular complexity index is 738. The van der Waals surface area contributed by atoms with Gasteiger partial charge in [-0.1, -0.05) is 24.3 Å². The molecule has 1 aromatic heterocycles. The van der Waals surface area contributed by atoms with Crippen LogP contribution < -0.4 is 11.1 Å². The van der Waals surface area contributed by atoms with Gasteiger partial charge in [-0.25, -0.2) is 9.97 Å². The van der Waals surface area contributed by atoms with Crippen molar-refractivity contribution in [2.75, 3.05) is 11.1 Å². The van der Waals surface area contributed by atoms with Gasteiger partial charge in [0.15, 0.2) is 0 Å². The topological polar surface area (TPSA) is 63.8 Å². The summed E-state index contributed by atoms with van der Waals surface area (Å²) in [6.45, 7) is 2.70. The van der Waals surface area contributed by atoms with Crippen LogP contribution in [0.2, 0.25) is 0 Å². The minimum absolute atomic E-state index is 0.624. The van der Waals surface area contributed by atoms with Gasteiger partial charge in [0, 0.05) is 24.6 Å². The average Bonchev–Trinajstić information content (AvgIpc) is 2.49. The number of nitrogens with one attached hydrogen (secondary N) is 1. The van der Waals surface area contributed by atoms with Crippen LogP contribution in [0.3, 0.4) is 0 Å². The molecule has 0 saturated carbocycles. The molecule has 0 aliphatic carbocycles. The van der Waals surface area contributed by atoms with Crippen LogP contribution in [0.5, 0.6) is 0 Å². The molecule has 0 spiro atoms. The Morgan fingerprint density at radius 1 is 1.10 bits per heavy atom. The van der Waals surface area contributed by atoms with Gasteiger partial charge in [0.1, 0.15) is 0 Å². The summed E-state index contributed by atoms with van der Waals surface area (Å²) in [4.78, 5) is 8.34. The maximum Gasteiger partial charge on any atom is 0.222 e. The molecule has 4 heteroatoms. The lowest BCUT2D eigenvalue weighted by atomic mass is 9.98. The van der Waals surface area contributed by atoms with Crippen LogP contribution in [-0.4, -0.2) is 9.97 Å². The van der Waals surface area contributed by atoms with Crippen LogP contribution in [-0.2, 0) is 6.54 Å². The van der Waals surface area contributed by atoms with Crippen molar-refractivity contribution < 1.29 is 0 Å². The standard InChI is InChI=1S/C16H16N4/c1-11-14(10-20-16-18-7-4-8-19-16)13-6-3-2-5-12(13)9-15(11)17/h2-9H,10,17H2,1H3,(H,18,19,20). The summed E-state index contributed by atoms with van der Waals surface area (Å²) in [5.74, 6) is 0.624. The first kappa shape index (κ1) is 12.4. The van der Waals surface area contributed by atoms with Crippen molar-refractivity contribution in [1.82, 2.24) is 9.97 Å². The molecule has 0 bridgehead atoms. The van der Waals surface area contributed by atoms with Crippen molar-refractivity contribution in [2.45, 2.75) is 13.5 Å². The number of benzene rings is 2. The maximum absolute atomic E-state index is 6.10. The van der Waals surface area contributed by atoms with Crippen LogP contribution in [0.4, 0.5) is 11.6 Å². The summed E-state index contributed by atoms with van der Waals surface area (Å²) in [6, 6.07) is 12.1. The van der Waals surface area contributed by atoms with E-state index in [1.165, 1.54) is 10.9 Å². The van der Waals surface area contributed by atoms with E-state index < -0.39 is 0 Å². The van der Waals surface area contributed by atoms with E-state index in [-0.39, 0.29) is 0 Å². The lowest BCUT2D eigenvalue weighted by Crippen LogP contribution is -2.06. The number of fused-ring (bicyclic) bond motifs is 1. The minimum Gasteiger partial charge on any atom is -0.398 e. The fourth-order valence-electron chi connectivity index (χ4n) is 2.34. The Kier molecular flexibility index (Phi) is 3.21. The summed E-state index contributed by atoms with van der Waals surface area (Å²) < 4.78 is 0. The molecule has 100 valence electrons. The van der Waals surface area contributed by atoms with Crippen molar-refractivity contribution in [3.8, 4) is 0 Å². The molecule has 0 amide bonds. The van der Waals surface area contributed by atoms with E-state index in [9.17, 15) is 0 Å². The SMILES string of the molecule is Cc1c(N)cc2ccccc2c1CNc1ncccn1. The van der Waals surface area contributed by atoms with Crippen molar-refractivity contribution in [2.24, 2.45) is 0 Å². The zero-order valence-corrected chi connectivity index (χ0v) is 11.3. The number of nitrogens with zero attached hydrogens (tertiary/aromatic N) is 2. The Labute approximate surface area is 117 Å². The molecule has 3 N–H and O–H groups in total. The second-order valence-corrected chi connectivity index (χ2v) is 4.72. The van der Waals surface area contributed by atoms with E-state index in [0.717, 1.165) is 16.6 Å². The summed E-state index contributed by atoms with van der Waals surface area (Å²) >= 11 is 0. The molecule has 0 aliphatic rings. The second-order valence-electron chi connectivity index (χ2n) is 4.72. The predicted molar refractivity (Wildman–Crippen MR) is 82.5 cm³/mol. The molecule has 0 saturated heterocycles. The number of hydrogen-bond donors (Lipinski definition) is 2. The molecule has 0 fully saturated rings. The first-order valence-electron chi connectivity index (χ1n) is 6.53. The monoisotopic (exact) mass is 264 g/mol. The lowest BCUT2D eigenvalue weighted by Gasteiger charge is -2.13. The van der Waals surface area contributed by atoms with Gasteiger partial charge < -0.3 is 11.1 Å². The van der Waals surface area contributed by atoms with Crippen molar-refractivity contribution in [1.29, 1.82) is 0 Å². The summed E-state index contributed by atoms with van der Waals surface area (Å²) in [5, 5.41) is 5.61. The van der Waals surface area contributed by atoms with Gasteiger partial charge in [0.2, 0.25) is 5.95 Å². The fraction of sp³-hybridized carbons (Fsp3) is 0.125. The fourth-order valence-corrected chi connectivity index (χ4v) is 2.34. The number of rotatable bonds is 3. The lowest BCUT2D eigenvalue weighted by molar-refractivity contribution is 1.05. The molecule has 0 aliphatic heterocycles. The van der Waals surface area contributed by atoms with Crippen molar-refractivity contribution >= 4 is 22.4 Å². The number of anilines is 2. The zero-order valence-electron chi connectivity index (χ0n) is 11.3. The number of hydrogen-bond acceptors (Lipinski definition) is 4. The van der Waals surface area contributed by atoms with Crippen LogP contribution in [0.1, 0.15) is 11.1 Å². The third-order valence-electron chi connectivity index (χ3n) is 3.47. The van der Waals surface area contributed by atoms with E-state index in [1.54, 1.807) is 18.5 Å². The van der Waals surface area contributed by atoms with E-state index in [2.05, 4.69) is 27.4 Å². The number of nitrogen functional groups attached to an aromatic ring is 1. The molecule has 0 unspecified atom stereocenters. The van der Waals surface area contributed by atoms with Crippen LogP contribution >= 0.6 is 0 Å². The van der Waals surface area contributed by atoms with Crippen LogP contribution in [0.15, 0.2) is 48.8 Å². The predicted octanol–water partition coefficient (Wildman–Crippen LogP) is 3.13. The molecule has 0 atom stereocenters. The molecule has 3 rings (SSSR count). The highest BCUT2D eigenvalue weighted by Gasteiger charge is 2.08. The highest BCUT2D eigenvalue weighted by atomic mass is 15.1. The summed E-state index contributed by atoms with van der Waals surface area (Å²) in [6.07, 6.45) is 3.44. The molecule has 2 aromatic carbocycles. The Morgan fingerprint density at radius 2 is 1.85 bits per heavy atom. The normalized spacial score (nSPS) is 10.7. The smallest absolute Gasteiger partial charge is 0.222 e. The van der Waals surface area contributed by atoms with Crippen LogP contribution in [0, 0.1) is 6.92 Å². The molecular formula is C16H16N4. The van der Waals surface area contributed by atoms with Gasteiger partial charge in [0.25, 0.3) is 0 Å². The Balaban J connectivity index is 2.00. The molecule has 1 heterocycles. The highest BCUT2D eigenvalue weighted by Crippen LogP contribution is 2.27. The average molecular weight is 264 g/mol. The molecule has 3 aromatic rings. The van der Waals surface area contributed by atoms with E-state index >= 15 is 0 Å². The number of aromatic nitrogens is 2. The van der Waals surface area contributed by atoms with Gasteiger partial charge in [-0.05, 0) is 41.0 Å². The highest BCUT2D eigenvalue weighted by molar-refractivity contribution is 5.90. The van der Waals surface area contributed by atoms with E-state index in [0.29, 0.717) is 12.5 Å². The van der Waals surface area contributed by atoms with Gasteiger partial charge in [-0.15, -0.1) is 0 Å². The molecule has 0 radical (unpaired) electrons. The quantitative estimate of drug-likeness (QED) is 0.713. The van der Waals surface area contributed by atoms with Crippen molar-refractivity contribution in [3.63, 3.8) is 0 Å². The molecular weight excluding hydrogens is 248 g/mol. The van der Waals surface area contributed by atoms with Gasteiger partial charge in [-0.2, -0.15) is 0 Å².